The van der Waals surface area contributed by atoms with Gasteiger partial charge >= 0.3 is 6.03 Å². The molecule has 1 aromatic heterocycles. The minimum Gasteiger partial charge on any atom is -0.355 e. The van der Waals surface area contributed by atoms with Crippen LogP contribution in [0.4, 0.5) is 10.5 Å². The van der Waals surface area contributed by atoms with Crippen LogP contribution in [-0.2, 0) is 0 Å². The van der Waals surface area contributed by atoms with Crippen molar-refractivity contribution in [3.63, 3.8) is 0 Å². The van der Waals surface area contributed by atoms with Gasteiger partial charge in [0.1, 0.15) is 0 Å². The summed E-state index contributed by atoms with van der Waals surface area (Å²) in [5, 5.41) is 7.10. The molecule has 2 heterocycles. The third kappa shape index (κ3) is 4.18. The number of piperazine rings is 1. The number of H-pyrrole nitrogens is 1. The molecule has 0 bridgehead atoms. The van der Waals surface area contributed by atoms with E-state index < -0.39 is 0 Å². The fourth-order valence-corrected chi connectivity index (χ4v) is 3.67. The normalized spacial score (nSPS) is 18.3. The van der Waals surface area contributed by atoms with Crippen LogP contribution in [0.15, 0.2) is 54.6 Å². The average molecular weight is 377 g/mol. The Morgan fingerprint density at radius 2 is 1.89 bits per heavy atom. The topological polar surface area (TPSA) is 63.4 Å². The van der Waals surface area contributed by atoms with Crippen molar-refractivity contribution < 1.29 is 4.79 Å². The number of benzene rings is 2. The van der Waals surface area contributed by atoms with E-state index in [4.69, 9.17) is 0 Å². The number of carbonyl (C=O) groups is 1. The van der Waals surface area contributed by atoms with E-state index in [1.807, 2.05) is 36.4 Å². The van der Waals surface area contributed by atoms with Crippen LogP contribution < -0.4 is 10.6 Å². The first-order valence-corrected chi connectivity index (χ1v) is 9.70. The van der Waals surface area contributed by atoms with E-state index >= 15 is 0 Å². The molecule has 6 nitrogen and oxygen atoms in total. The molecular formula is C22H27N5O. The van der Waals surface area contributed by atoms with Gasteiger partial charge in [-0.05, 0) is 43.9 Å². The molecule has 2 aromatic carbocycles. The van der Waals surface area contributed by atoms with Crippen molar-refractivity contribution in [2.75, 3.05) is 45.6 Å². The molecule has 0 saturated carbocycles. The predicted molar refractivity (Wildman–Crippen MR) is 115 cm³/mol. The smallest absolute Gasteiger partial charge is 0.319 e. The molecule has 1 aliphatic rings. The van der Waals surface area contributed by atoms with Gasteiger partial charge in [-0.15, -0.1) is 0 Å². The number of anilines is 1. The first-order valence-electron chi connectivity index (χ1n) is 9.70. The van der Waals surface area contributed by atoms with E-state index in [-0.39, 0.29) is 6.03 Å². The number of hydrogen-bond acceptors (Lipinski definition) is 3. The highest BCUT2D eigenvalue weighted by Gasteiger charge is 2.22. The first kappa shape index (κ1) is 18.5. The van der Waals surface area contributed by atoms with Gasteiger partial charge in [-0.3, -0.25) is 4.90 Å². The lowest BCUT2D eigenvalue weighted by Crippen LogP contribution is -2.54. The Morgan fingerprint density at radius 1 is 1.11 bits per heavy atom. The number of fused-ring (bicyclic) bond motifs is 1. The Morgan fingerprint density at radius 3 is 2.68 bits per heavy atom. The Balaban J connectivity index is 1.34. The van der Waals surface area contributed by atoms with Crippen molar-refractivity contribution >= 4 is 22.6 Å². The molecule has 28 heavy (non-hydrogen) atoms. The highest BCUT2D eigenvalue weighted by atomic mass is 16.2. The molecule has 1 saturated heterocycles. The van der Waals surface area contributed by atoms with E-state index in [9.17, 15) is 4.79 Å². The number of aromatic nitrogens is 1. The second-order valence-corrected chi connectivity index (χ2v) is 7.58. The summed E-state index contributed by atoms with van der Waals surface area (Å²) in [6, 6.07) is 18.4. The highest BCUT2D eigenvalue weighted by Crippen LogP contribution is 2.25. The number of carbonyl (C=O) groups excluding carboxylic acids is 1. The molecule has 0 unspecified atom stereocenters. The molecule has 2 amide bonds. The standard InChI is InChI=1S/C22H27N5O/c1-26-11-12-27(2)19(15-26)14-23-22(28)24-18-9-7-16(8-10-18)21-13-17-5-3-4-6-20(17)25-21/h3-10,13,19,25H,11-12,14-15H2,1-2H3,(H2,23,24,28)/t19-/m1/s1. The van der Waals surface area contributed by atoms with Crippen LogP contribution in [0.1, 0.15) is 0 Å². The molecule has 3 aromatic rings. The molecule has 3 N–H and O–H groups in total. The van der Waals surface area contributed by atoms with Gasteiger partial charge in [0.25, 0.3) is 0 Å². The molecule has 1 fully saturated rings. The number of rotatable bonds is 4. The predicted octanol–water partition coefficient (Wildman–Crippen LogP) is 3.20. The van der Waals surface area contributed by atoms with Crippen LogP contribution in [0.3, 0.4) is 0 Å². The second kappa shape index (κ2) is 8.04. The first-order chi connectivity index (χ1) is 13.6. The van der Waals surface area contributed by atoms with Gasteiger partial charge in [-0.2, -0.15) is 0 Å². The third-order valence-corrected chi connectivity index (χ3v) is 5.46. The van der Waals surface area contributed by atoms with E-state index in [2.05, 4.69) is 57.7 Å². The van der Waals surface area contributed by atoms with Gasteiger partial charge in [-0.25, -0.2) is 4.79 Å². The molecular weight excluding hydrogens is 350 g/mol. The van der Waals surface area contributed by atoms with Crippen molar-refractivity contribution in [3.8, 4) is 11.3 Å². The summed E-state index contributed by atoms with van der Waals surface area (Å²) in [7, 11) is 4.23. The lowest BCUT2D eigenvalue weighted by Gasteiger charge is -2.37. The maximum atomic E-state index is 12.3. The van der Waals surface area contributed by atoms with Crippen molar-refractivity contribution in [1.29, 1.82) is 0 Å². The van der Waals surface area contributed by atoms with E-state index in [0.29, 0.717) is 12.6 Å². The summed E-state index contributed by atoms with van der Waals surface area (Å²) in [5.41, 5.74) is 4.07. The van der Waals surface area contributed by atoms with E-state index in [1.54, 1.807) is 0 Å². The van der Waals surface area contributed by atoms with Gasteiger partial charge < -0.3 is 20.5 Å². The number of likely N-dealkylation sites (N-methyl/N-ethyl adjacent to an activating group) is 2. The minimum atomic E-state index is -0.167. The van der Waals surface area contributed by atoms with Crippen LogP contribution in [0.5, 0.6) is 0 Å². The van der Waals surface area contributed by atoms with Crippen LogP contribution in [0.2, 0.25) is 0 Å². The third-order valence-electron chi connectivity index (χ3n) is 5.46. The summed E-state index contributed by atoms with van der Waals surface area (Å²) < 4.78 is 0. The zero-order valence-corrected chi connectivity index (χ0v) is 16.4. The van der Waals surface area contributed by atoms with Gasteiger partial charge in [-0.1, -0.05) is 30.3 Å². The number of urea groups is 1. The summed E-state index contributed by atoms with van der Waals surface area (Å²) in [4.78, 5) is 20.3. The van der Waals surface area contributed by atoms with Gasteiger partial charge in [0.2, 0.25) is 0 Å². The number of aromatic amines is 1. The van der Waals surface area contributed by atoms with Gasteiger partial charge in [0, 0.05) is 54.5 Å². The van der Waals surface area contributed by atoms with Crippen LogP contribution in [0.25, 0.3) is 22.2 Å². The molecule has 1 atom stereocenters. The summed E-state index contributed by atoms with van der Waals surface area (Å²) in [6.07, 6.45) is 0. The number of hydrogen-bond donors (Lipinski definition) is 3. The Bertz CT molecular complexity index is 916. The molecule has 1 aliphatic heterocycles. The maximum Gasteiger partial charge on any atom is 0.319 e. The number of nitrogens with zero attached hydrogens (tertiary/aromatic N) is 2. The zero-order chi connectivity index (χ0) is 19.5. The van der Waals surface area contributed by atoms with Crippen molar-refractivity contribution in [2.24, 2.45) is 0 Å². The maximum absolute atomic E-state index is 12.3. The monoisotopic (exact) mass is 377 g/mol. The van der Waals surface area contributed by atoms with Crippen LogP contribution >= 0.6 is 0 Å². The zero-order valence-electron chi connectivity index (χ0n) is 16.4. The molecule has 146 valence electrons. The van der Waals surface area contributed by atoms with Crippen molar-refractivity contribution in [1.82, 2.24) is 20.1 Å². The molecule has 0 aliphatic carbocycles. The molecule has 6 heteroatoms. The number of amides is 2. The van der Waals surface area contributed by atoms with E-state index in [0.717, 1.165) is 42.1 Å². The summed E-state index contributed by atoms with van der Waals surface area (Å²) in [5.74, 6) is 0. The van der Waals surface area contributed by atoms with Crippen LogP contribution in [-0.4, -0.2) is 67.1 Å². The summed E-state index contributed by atoms with van der Waals surface area (Å²) in [6.45, 7) is 3.71. The molecule has 4 rings (SSSR count). The Labute approximate surface area is 165 Å². The SMILES string of the molecule is CN1CCN(C)[C@H](CNC(=O)Nc2ccc(-c3cc4ccccc4[nH]3)cc2)C1. The fraction of sp³-hybridized carbons (Fsp3) is 0.318. The Kier molecular flexibility index (Phi) is 5.32. The average Bonchev–Trinajstić information content (AvgIpc) is 3.13. The van der Waals surface area contributed by atoms with Gasteiger partial charge in [0.15, 0.2) is 0 Å². The summed E-state index contributed by atoms with van der Waals surface area (Å²) >= 11 is 0. The van der Waals surface area contributed by atoms with E-state index in [1.165, 1.54) is 5.39 Å². The second-order valence-electron chi connectivity index (χ2n) is 7.58. The quantitative estimate of drug-likeness (QED) is 0.654. The van der Waals surface area contributed by atoms with Gasteiger partial charge in [0.05, 0.1) is 0 Å². The van der Waals surface area contributed by atoms with Crippen LogP contribution in [0, 0.1) is 0 Å². The largest absolute Gasteiger partial charge is 0.355 e. The lowest BCUT2D eigenvalue weighted by molar-refractivity contribution is 0.115. The van der Waals surface area contributed by atoms with Crippen molar-refractivity contribution in [2.45, 2.75) is 6.04 Å². The Hall–Kier alpha value is -2.83. The van der Waals surface area contributed by atoms with Crippen molar-refractivity contribution in [3.05, 3.63) is 54.6 Å². The molecule has 0 radical (unpaired) electrons. The fourth-order valence-electron chi connectivity index (χ4n) is 3.67. The minimum absolute atomic E-state index is 0.167. The number of para-hydroxylation sites is 1. The molecule has 0 spiro atoms. The number of nitrogens with one attached hydrogen (secondary N) is 3. The lowest BCUT2D eigenvalue weighted by atomic mass is 10.1. The highest BCUT2D eigenvalue weighted by molar-refractivity contribution is 5.90.